The Bertz CT molecular complexity index is 532. The summed E-state index contributed by atoms with van der Waals surface area (Å²) >= 11 is 0. The van der Waals surface area contributed by atoms with Crippen LogP contribution in [-0.4, -0.2) is 28.7 Å². The van der Waals surface area contributed by atoms with Crippen LogP contribution in [0.1, 0.15) is 29.6 Å². The average Bonchev–Trinajstić information content (AvgIpc) is 2.36. The molecule has 0 heterocycles. The topological polar surface area (TPSA) is 92.5 Å². The highest BCUT2D eigenvalue weighted by atomic mass is 19.4. The largest absolute Gasteiger partial charge is 0.478 e. The molecule has 1 aromatic rings. The summed E-state index contributed by atoms with van der Waals surface area (Å²) in [6.07, 6.45) is -5.02. The number of aromatic carboxylic acids is 1. The second kappa shape index (κ2) is 6.91. The maximum Gasteiger partial charge on any atom is 0.389 e. The number of anilines is 1. The van der Waals surface area contributed by atoms with Gasteiger partial charge in [0.25, 0.3) is 5.69 Å². The minimum absolute atomic E-state index is 0.0806. The molecule has 0 fully saturated rings. The molecule has 1 rings (SSSR count). The fourth-order valence-electron chi connectivity index (χ4n) is 1.64. The molecule has 2 N–H and O–H groups in total. The van der Waals surface area contributed by atoms with E-state index < -0.39 is 29.2 Å². The van der Waals surface area contributed by atoms with Gasteiger partial charge in [0, 0.05) is 19.0 Å². The fraction of sp³-hybridized carbons (Fsp3) is 0.417. The molecule has 1 aromatic carbocycles. The number of unbranched alkanes of at least 4 members (excludes halogenated alkanes) is 1. The van der Waals surface area contributed by atoms with E-state index in [-0.39, 0.29) is 30.6 Å². The zero-order valence-electron chi connectivity index (χ0n) is 10.8. The Morgan fingerprint density at radius 1 is 1.33 bits per heavy atom. The summed E-state index contributed by atoms with van der Waals surface area (Å²) in [6.45, 7) is 0.128. The summed E-state index contributed by atoms with van der Waals surface area (Å²) in [4.78, 5) is 20.8. The Kier molecular flexibility index (Phi) is 5.51. The Morgan fingerprint density at radius 3 is 2.52 bits per heavy atom. The number of nitro groups is 1. The molecule has 6 nitrogen and oxygen atoms in total. The lowest BCUT2D eigenvalue weighted by Gasteiger charge is -2.09. The number of nitrogens with zero attached hydrogens (tertiary/aromatic N) is 1. The van der Waals surface area contributed by atoms with E-state index in [0.29, 0.717) is 0 Å². The first-order valence-electron chi connectivity index (χ1n) is 6.03. The molecule has 0 spiro atoms. The first-order valence-corrected chi connectivity index (χ1v) is 6.03. The third kappa shape index (κ3) is 5.67. The van der Waals surface area contributed by atoms with Crippen LogP contribution >= 0.6 is 0 Å². The van der Waals surface area contributed by atoms with Crippen LogP contribution in [0.4, 0.5) is 24.5 Å². The lowest BCUT2D eigenvalue weighted by Crippen LogP contribution is -2.09. The summed E-state index contributed by atoms with van der Waals surface area (Å²) in [7, 11) is 0. The molecule has 0 radical (unpaired) electrons. The van der Waals surface area contributed by atoms with Crippen LogP contribution in [0.2, 0.25) is 0 Å². The van der Waals surface area contributed by atoms with E-state index in [0.717, 1.165) is 6.07 Å². The van der Waals surface area contributed by atoms with Gasteiger partial charge in [-0.15, -0.1) is 0 Å². The number of rotatable bonds is 7. The Labute approximate surface area is 117 Å². The summed E-state index contributed by atoms with van der Waals surface area (Å²) in [5.41, 5.74) is -0.577. The van der Waals surface area contributed by atoms with Crippen molar-refractivity contribution < 1.29 is 28.0 Å². The zero-order chi connectivity index (χ0) is 16.0. The number of nitrogens with one attached hydrogen (secondary N) is 1. The summed E-state index contributed by atoms with van der Waals surface area (Å²) in [5.74, 6) is -1.30. The molecular formula is C12H13F3N2O4. The minimum Gasteiger partial charge on any atom is -0.478 e. The normalized spacial score (nSPS) is 11.2. The molecule has 116 valence electrons. The van der Waals surface area contributed by atoms with Gasteiger partial charge in [-0.1, -0.05) is 0 Å². The Morgan fingerprint density at radius 2 is 2.00 bits per heavy atom. The number of alkyl halides is 3. The number of hydrogen-bond acceptors (Lipinski definition) is 4. The number of carboxylic acids is 1. The molecule has 0 saturated heterocycles. The van der Waals surface area contributed by atoms with Gasteiger partial charge in [0.2, 0.25) is 0 Å². The lowest BCUT2D eigenvalue weighted by atomic mass is 10.1. The van der Waals surface area contributed by atoms with Gasteiger partial charge in [-0.25, -0.2) is 4.79 Å². The zero-order valence-corrected chi connectivity index (χ0v) is 10.8. The van der Waals surface area contributed by atoms with Crippen molar-refractivity contribution in [3.63, 3.8) is 0 Å². The number of nitro benzene ring substituents is 1. The molecule has 0 bridgehead atoms. The van der Waals surface area contributed by atoms with Crippen molar-refractivity contribution in [3.05, 3.63) is 33.9 Å². The van der Waals surface area contributed by atoms with Gasteiger partial charge in [0.15, 0.2) is 0 Å². The van der Waals surface area contributed by atoms with Crippen molar-refractivity contribution in [2.45, 2.75) is 25.4 Å². The summed E-state index contributed by atoms with van der Waals surface area (Å²) < 4.78 is 35.8. The second-order valence-electron chi connectivity index (χ2n) is 4.29. The molecule has 0 unspecified atom stereocenters. The standard InChI is InChI=1S/C12H13F3N2O4/c13-12(14,15)5-1-2-6-16-9-4-3-8(11(18)19)7-10(9)17(20)21/h3-4,7,16H,1-2,5-6H2,(H,18,19). The van der Waals surface area contributed by atoms with Crippen LogP contribution in [-0.2, 0) is 0 Å². The molecule has 0 aliphatic carbocycles. The number of halogens is 3. The Hall–Kier alpha value is -2.32. The minimum atomic E-state index is -4.21. The molecule has 0 aromatic heterocycles. The quantitative estimate of drug-likeness (QED) is 0.457. The van der Waals surface area contributed by atoms with E-state index in [2.05, 4.69) is 5.32 Å². The van der Waals surface area contributed by atoms with Gasteiger partial charge in [-0.2, -0.15) is 13.2 Å². The first-order chi connectivity index (χ1) is 9.70. The van der Waals surface area contributed by atoms with Crippen LogP contribution in [0.5, 0.6) is 0 Å². The SMILES string of the molecule is O=C(O)c1ccc(NCCCCC(F)(F)F)c([N+](=O)[O-])c1. The molecule has 0 aliphatic heterocycles. The fourth-order valence-corrected chi connectivity index (χ4v) is 1.64. The van der Waals surface area contributed by atoms with Gasteiger partial charge in [-0.3, -0.25) is 10.1 Å². The van der Waals surface area contributed by atoms with E-state index in [4.69, 9.17) is 5.11 Å². The van der Waals surface area contributed by atoms with Crippen molar-refractivity contribution in [3.8, 4) is 0 Å². The molecule has 0 amide bonds. The average molecular weight is 306 g/mol. The molecule has 21 heavy (non-hydrogen) atoms. The van der Waals surface area contributed by atoms with Gasteiger partial charge in [0.1, 0.15) is 5.69 Å². The molecule has 0 saturated carbocycles. The van der Waals surface area contributed by atoms with Crippen molar-refractivity contribution in [1.29, 1.82) is 0 Å². The van der Waals surface area contributed by atoms with Crippen LogP contribution in [0.15, 0.2) is 18.2 Å². The number of carboxylic acid groups (broad SMARTS) is 1. The second-order valence-corrected chi connectivity index (χ2v) is 4.29. The maximum atomic E-state index is 11.9. The van der Waals surface area contributed by atoms with Crippen molar-refractivity contribution in [2.75, 3.05) is 11.9 Å². The van der Waals surface area contributed by atoms with E-state index in [1.54, 1.807) is 0 Å². The van der Waals surface area contributed by atoms with Gasteiger partial charge in [0.05, 0.1) is 10.5 Å². The first kappa shape index (κ1) is 16.7. The van der Waals surface area contributed by atoms with Crippen LogP contribution in [0, 0.1) is 10.1 Å². The lowest BCUT2D eigenvalue weighted by molar-refractivity contribution is -0.384. The Balaban J connectivity index is 2.62. The number of carbonyl (C=O) groups is 1. The highest BCUT2D eigenvalue weighted by Crippen LogP contribution is 2.26. The molecular weight excluding hydrogens is 293 g/mol. The van der Waals surface area contributed by atoms with E-state index in [1.165, 1.54) is 12.1 Å². The smallest absolute Gasteiger partial charge is 0.389 e. The highest BCUT2D eigenvalue weighted by molar-refractivity contribution is 5.89. The summed E-state index contributed by atoms with van der Waals surface area (Å²) in [5, 5.41) is 22.2. The molecule has 9 heteroatoms. The third-order valence-corrected chi connectivity index (χ3v) is 2.64. The van der Waals surface area contributed by atoms with E-state index in [1.807, 2.05) is 0 Å². The molecule has 0 atom stereocenters. The number of benzene rings is 1. The van der Waals surface area contributed by atoms with Gasteiger partial charge < -0.3 is 10.4 Å². The van der Waals surface area contributed by atoms with E-state index in [9.17, 15) is 28.1 Å². The van der Waals surface area contributed by atoms with Crippen molar-refractivity contribution in [2.24, 2.45) is 0 Å². The predicted molar refractivity (Wildman–Crippen MR) is 68.5 cm³/mol. The van der Waals surface area contributed by atoms with Crippen molar-refractivity contribution >= 4 is 17.3 Å². The van der Waals surface area contributed by atoms with Crippen LogP contribution in [0.3, 0.4) is 0 Å². The van der Waals surface area contributed by atoms with Gasteiger partial charge in [-0.05, 0) is 25.0 Å². The maximum absolute atomic E-state index is 11.9. The van der Waals surface area contributed by atoms with Crippen LogP contribution in [0.25, 0.3) is 0 Å². The highest BCUT2D eigenvalue weighted by Gasteiger charge is 2.25. The predicted octanol–water partition coefficient (Wildman–Crippen LogP) is 3.44. The summed E-state index contributed by atoms with van der Waals surface area (Å²) in [6, 6.07) is 3.32. The van der Waals surface area contributed by atoms with Crippen molar-refractivity contribution in [1.82, 2.24) is 0 Å². The van der Waals surface area contributed by atoms with Gasteiger partial charge >= 0.3 is 12.1 Å². The number of hydrogen-bond donors (Lipinski definition) is 2. The molecule has 0 aliphatic rings. The third-order valence-electron chi connectivity index (χ3n) is 2.64. The van der Waals surface area contributed by atoms with Crippen LogP contribution < -0.4 is 5.32 Å². The van der Waals surface area contributed by atoms with E-state index >= 15 is 0 Å². The monoisotopic (exact) mass is 306 g/mol.